The number of pyridine rings is 1. The largest absolute Gasteiger partial charge is 0.373 e. The molecule has 0 saturated carbocycles. The summed E-state index contributed by atoms with van der Waals surface area (Å²) in [5, 5.41) is 14.7. The highest BCUT2D eigenvalue weighted by molar-refractivity contribution is 9.10. The number of aliphatic hydroxyl groups is 1. The first-order valence-electron chi connectivity index (χ1n) is 6.39. The van der Waals surface area contributed by atoms with Gasteiger partial charge in [-0.1, -0.05) is 34.1 Å². The maximum Gasteiger partial charge on any atom is 0.175 e. The average molecular weight is 334 g/mol. The van der Waals surface area contributed by atoms with Crippen molar-refractivity contribution in [2.24, 2.45) is 0 Å². The molecule has 4 nitrogen and oxygen atoms in total. The summed E-state index contributed by atoms with van der Waals surface area (Å²) in [6.07, 6.45) is 0.730. The predicted octanol–water partition coefficient (Wildman–Crippen LogP) is 2.04. The van der Waals surface area contributed by atoms with Gasteiger partial charge in [-0.05, 0) is 29.8 Å². The van der Waals surface area contributed by atoms with Gasteiger partial charge in [0.1, 0.15) is 0 Å². The first kappa shape index (κ1) is 13.7. The summed E-state index contributed by atoms with van der Waals surface area (Å²) < 4.78 is 6.94. The molecule has 1 saturated heterocycles. The number of benzene rings is 1. The third kappa shape index (κ3) is 2.27. The summed E-state index contributed by atoms with van der Waals surface area (Å²) in [4.78, 5) is 4.37. The normalized spacial score (nSPS) is 26.4. The maximum atomic E-state index is 10.5. The van der Waals surface area contributed by atoms with Crippen molar-refractivity contribution in [2.75, 3.05) is 13.2 Å². The number of halogens is 1. The van der Waals surface area contributed by atoms with Crippen LogP contribution in [0.2, 0.25) is 0 Å². The lowest BCUT2D eigenvalue weighted by Gasteiger charge is -2.40. The number of ether oxygens (including phenoxy) is 1. The van der Waals surface area contributed by atoms with Gasteiger partial charge in [-0.3, -0.25) is 4.98 Å². The summed E-state index contributed by atoms with van der Waals surface area (Å²) in [6, 6.07) is 13.3. The lowest BCUT2D eigenvalue weighted by molar-refractivity contribution is -0.147. The maximum absolute atomic E-state index is 10.5. The topological polar surface area (TPSA) is 56.5 Å². The number of aliphatic hydroxyl groups excluding tert-OH is 1. The van der Waals surface area contributed by atoms with Gasteiger partial charge in [0, 0.05) is 17.2 Å². The zero-order valence-corrected chi connectivity index (χ0v) is 12.3. The van der Waals surface area contributed by atoms with Crippen LogP contribution < -0.4 is 5.32 Å². The number of aromatic nitrogens is 1. The van der Waals surface area contributed by atoms with Gasteiger partial charge in [-0.15, -0.1) is 0 Å². The average Bonchev–Trinajstić information content (AvgIpc) is 2.50. The zero-order chi connectivity index (χ0) is 14.0. The molecule has 1 aliphatic rings. The fraction of sp³-hybridized carbons (Fsp3) is 0.267. The minimum Gasteiger partial charge on any atom is -0.373 e. The molecule has 2 heterocycles. The van der Waals surface area contributed by atoms with Crippen LogP contribution in [0.1, 0.15) is 11.3 Å². The van der Waals surface area contributed by atoms with Crippen molar-refractivity contribution in [3.8, 4) is 0 Å². The molecule has 1 aromatic carbocycles. The molecule has 3 rings (SSSR count). The second-order valence-electron chi connectivity index (χ2n) is 4.59. The molecule has 20 heavy (non-hydrogen) atoms. The van der Waals surface area contributed by atoms with E-state index < -0.39 is 11.8 Å². The predicted molar refractivity (Wildman–Crippen MR) is 78.1 cm³/mol. The fourth-order valence-electron chi connectivity index (χ4n) is 2.45. The van der Waals surface area contributed by atoms with Crippen LogP contribution in [0.5, 0.6) is 0 Å². The minimum absolute atomic E-state index is 0.462. The summed E-state index contributed by atoms with van der Waals surface area (Å²) >= 11 is 3.42. The zero-order valence-electron chi connectivity index (χ0n) is 10.7. The Bertz CT molecular complexity index is 576. The van der Waals surface area contributed by atoms with Gasteiger partial charge in [-0.2, -0.15) is 0 Å². The van der Waals surface area contributed by atoms with E-state index in [1.807, 2.05) is 42.5 Å². The van der Waals surface area contributed by atoms with Crippen LogP contribution in [0.4, 0.5) is 0 Å². The van der Waals surface area contributed by atoms with E-state index in [1.165, 1.54) is 0 Å². The summed E-state index contributed by atoms with van der Waals surface area (Å²) in [6.45, 7) is 0.954. The van der Waals surface area contributed by atoms with Crippen molar-refractivity contribution in [3.05, 3.63) is 64.4 Å². The summed E-state index contributed by atoms with van der Waals surface area (Å²) in [7, 11) is 0. The molecule has 0 amide bonds. The Hall–Kier alpha value is -1.27. The first-order chi connectivity index (χ1) is 9.73. The van der Waals surface area contributed by atoms with Crippen LogP contribution in [0.3, 0.4) is 0 Å². The lowest BCUT2D eigenvalue weighted by atomic mass is 9.86. The fourth-order valence-corrected chi connectivity index (χ4v) is 2.72. The molecule has 1 radical (unpaired) electrons. The Morgan fingerprint density at radius 1 is 1.20 bits per heavy atom. The van der Waals surface area contributed by atoms with Crippen molar-refractivity contribution in [1.82, 2.24) is 10.3 Å². The van der Waals surface area contributed by atoms with Crippen molar-refractivity contribution in [3.63, 3.8) is 0 Å². The molecular formula is C15H14BrN2O2. The van der Waals surface area contributed by atoms with E-state index in [1.54, 1.807) is 6.20 Å². The standard InChI is InChI=1S/C15H14BrN2O2/c16-12-6-4-11(5-7-12)15(13-3-1-2-8-17-13)14(19)18-9-10-20-15/h1-8,14,19H,9-10H2. The van der Waals surface area contributed by atoms with Gasteiger partial charge in [-0.25, -0.2) is 5.32 Å². The van der Waals surface area contributed by atoms with Crippen LogP contribution in [0.25, 0.3) is 0 Å². The molecule has 1 fully saturated rings. The van der Waals surface area contributed by atoms with E-state index in [-0.39, 0.29) is 0 Å². The van der Waals surface area contributed by atoms with E-state index in [4.69, 9.17) is 4.74 Å². The Labute approximate surface area is 125 Å². The van der Waals surface area contributed by atoms with E-state index in [0.717, 1.165) is 10.0 Å². The highest BCUT2D eigenvalue weighted by Gasteiger charge is 2.46. The van der Waals surface area contributed by atoms with Crippen LogP contribution in [-0.2, 0) is 10.3 Å². The molecule has 2 atom stereocenters. The van der Waals surface area contributed by atoms with Crippen molar-refractivity contribution >= 4 is 15.9 Å². The molecule has 0 bridgehead atoms. The van der Waals surface area contributed by atoms with Crippen molar-refractivity contribution in [1.29, 1.82) is 0 Å². The van der Waals surface area contributed by atoms with Gasteiger partial charge < -0.3 is 9.84 Å². The number of hydrogen-bond donors (Lipinski definition) is 1. The summed E-state index contributed by atoms with van der Waals surface area (Å²) in [5.74, 6) is 0. The van der Waals surface area contributed by atoms with Gasteiger partial charge >= 0.3 is 0 Å². The quantitative estimate of drug-likeness (QED) is 0.914. The molecular weight excluding hydrogens is 320 g/mol. The molecule has 0 spiro atoms. The Balaban J connectivity index is 2.15. The Morgan fingerprint density at radius 2 is 2.00 bits per heavy atom. The number of nitrogens with zero attached hydrogens (tertiary/aromatic N) is 2. The molecule has 2 unspecified atom stereocenters. The molecule has 2 aromatic rings. The van der Waals surface area contributed by atoms with Crippen LogP contribution >= 0.6 is 15.9 Å². The third-order valence-electron chi connectivity index (χ3n) is 3.41. The van der Waals surface area contributed by atoms with E-state index in [2.05, 4.69) is 26.2 Å². The van der Waals surface area contributed by atoms with Crippen LogP contribution in [0, 0.1) is 0 Å². The highest BCUT2D eigenvalue weighted by atomic mass is 79.9. The smallest absolute Gasteiger partial charge is 0.175 e. The van der Waals surface area contributed by atoms with Gasteiger partial charge in [0.05, 0.1) is 12.3 Å². The Morgan fingerprint density at radius 3 is 2.65 bits per heavy atom. The van der Waals surface area contributed by atoms with Gasteiger partial charge in [0.15, 0.2) is 11.8 Å². The van der Waals surface area contributed by atoms with E-state index >= 15 is 0 Å². The lowest BCUT2D eigenvalue weighted by Crippen LogP contribution is -2.53. The van der Waals surface area contributed by atoms with Gasteiger partial charge in [0.2, 0.25) is 0 Å². The number of hydrogen-bond acceptors (Lipinski definition) is 3. The second kappa shape index (κ2) is 5.61. The van der Waals surface area contributed by atoms with Crippen LogP contribution in [0.15, 0.2) is 53.1 Å². The highest BCUT2D eigenvalue weighted by Crippen LogP contribution is 2.37. The number of morpholine rings is 1. The molecule has 103 valence electrons. The molecule has 0 aliphatic carbocycles. The van der Waals surface area contributed by atoms with E-state index in [9.17, 15) is 5.11 Å². The molecule has 5 heteroatoms. The van der Waals surface area contributed by atoms with Gasteiger partial charge in [0.25, 0.3) is 0 Å². The van der Waals surface area contributed by atoms with Crippen molar-refractivity contribution < 1.29 is 9.84 Å². The first-order valence-corrected chi connectivity index (χ1v) is 7.19. The second-order valence-corrected chi connectivity index (χ2v) is 5.50. The Kier molecular flexibility index (Phi) is 3.85. The van der Waals surface area contributed by atoms with E-state index in [0.29, 0.717) is 18.8 Å². The summed E-state index contributed by atoms with van der Waals surface area (Å²) in [5.41, 5.74) is 0.480. The minimum atomic E-state index is -1.03. The molecule has 1 aromatic heterocycles. The number of rotatable bonds is 2. The molecule has 1 aliphatic heterocycles. The molecule has 1 N–H and O–H groups in total. The van der Waals surface area contributed by atoms with Crippen molar-refractivity contribution in [2.45, 2.75) is 11.8 Å². The monoisotopic (exact) mass is 333 g/mol. The SMILES string of the molecule is OC1[N]CCOC1(c1ccc(Br)cc1)c1ccccn1. The van der Waals surface area contributed by atoms with Crippen LogP contribution in [-0.4, -0.2) is 29.5 Å². The third-order valence-corrected chi connectivity index (χ3v) is 3.93.